The van der Waals surface area contributed by atoms with E-state index in [1.165, 1.54) is 0 Å². The zero-order chi connectivity index (χ0) is 13.7. The Balaban J connectivity index is 2.28. The van der Waals surface area contributed by atoms with Crippen molar-refractivity contribution >= 4 is 0 Å². The molecule has 100 valence electrons. The second-order valence-electron chi connectivity index (χ2n) is 4.15. The van der Waals surface area contributed by atoms with Crippen LogP contribution in [0.1, 0.15) is 18.2 Å². The van der Waals surface area contributed by atoms with E-state index in [0.717, 1.165) is 17.0 Å². The van der Waals surface area contributed by atoms with Crippen LogP contribution >= 0.6 is 0 Å². The van der Waals surface area contributed by atoms with E-state index in [1.54, 1.807) is 6.20 Å². The van der Waals surface area contributed by atoms with Crippen LogP contribution in [0.3, 0.4) is 0 Å². The molecule has 2 rings (SSSR count). The van der Waals surface area contributed by atoms with Crippen LogP contribution in [0.4, 0.5) is 0 Å². The number of aryl methyl sites for hydroxylation is 1. The van der Waals surface area contributed by atoms with Crippen LogP contribution in [0.25, 0.3) is 0 Å². The molecule has 4 heteroatoms. The molecule has 0 aliphatic carbocycles. The van der Waals surface area contributed by atoms with Crippen LogP contribution in [0, 0.1) is 6.92 Å². The monoisotopic (exact) mass is 258 g/mol. The minimum absolute atomic E-state index is 0.481. The highest BCUT2D eigenvalue weighted by molar-refractivity contribution is 5.45. The average Bonchev–Trinajstić information content (AvgIpc) is 2.41. The van der Waals surface area contributed by atoms with Crippen molar-refractivity contribution in [2.45, 2.75) is 20.4 Å². The number of nitrogens with two attached hydrogens (primary N) is 1. The molecule has 4 nitrogen and oxygen atoms in total. The lowest BCUT2D eigenvalue weighted by Gasteiger charge is -2.13. The molecule has 1 heterocycles. The van der Waals surface area contributed by atoms with E-state index in [-0.39, 0.29) is 0 Å². The number of pyridine rings is 1. The first-order valence-electron chi connectivity index (χ1n) is 6.29. The summed E-state index contributed by atoms with van der Waals surface area (Å²) < 4.78 is 11.4. The van der Waals surface area contributed by atoms with Crippen LogP contribution in [-0.4, -0.2) is 11.6 Å². The van der Waals surface area contributed by atoms with Crippen LogP contribution in [-0.2, 0) is 6.54 Å². The number of ether oxygens (including phenoxy) is 2. The molecule has 0 bridgehead atoms. The van der Waals surface area contributed by atoms with Crippen molar-refractivity contribution in [2.24, 2.45) is 5.73 Å². The van der Waals surface area contributed by atoms with Crippen molar-refractivity contribution in [3.8, 4) is 17.2 Å². The molecule has 0 saturated heterocycles. The summed E-state index contributed by atoms with van der Waals surface area (Å²) in [6.07, 6.45) is 1.72. The van der Waals surface area contributed by atoms with E-state index >= 15 is 0 Å². The first-order valence-corrected chi connectivity index (χ1v) is 6.29. The predicted octanol–water partition coefficient (Wildman–Crippen LogP) is 3.04. The molecule has 2 N–H and O–H groups in total. The fourth-order valence-electron chi connectivity index (χ4n) is 1.74. The molecule has 0 aliphatic rings. The molecule has 0 aliphatic heterocycles. The second-order valence-corrected chi connectivity index (χ2v) is 4.15. The van der Waals surface area contributed by atoms with Crippen molar-refractivity contribution in [1.29, 1.82) is 0 Å². The Kier molecular flexibility index (Phi) is 4.36. The summed E-state index contributed by atoms with van der Waals surface area (Å²) in [4.78, 5) is 4.14. The fourth-order valence-corrected chi connectivity index (χ4v) is 1.74. The van der Waals surface area contributed by atoms with Gasteiger partial charge in [-0.1, -0.05) is 6.07 Å². The molecule has 0 amide bonds. The third-order valence-corrected chi connectivity index (χ3v) is 2.64. The lowest BCUT2D eigenvalue weighted by Crippen LogP contribution is -2.00. The Labute approximate surface area is 113 Å². The molecule has 0 unspecified atom stereocenters. The first-order chi connectivity index (χ1) is 9.22. The van der Waals surface area contributed by atoms with Crippen LogP contribution in [0.5, 0.6) is 17.2 Å². The van der Waals surface area contributed by atoms with E-state index in [0.29, 0.717) is 24.7 Å². The number of benzene rings is 1. The third kappa shape index (κ3) is 3.45. The topological polar surface area (TPSA) is 57.4 Å². The van der Waals surface area contributed by atoms with Gasteiger partial charge in [0.05, 0.1) is 6.61 Å². The smallest absolute Gasteiger partial charge is 0.169 e. The highest BCUT2D eigenvalue weighted by Gasteiger charge is 2.07. The highest BCUT2D eigenvalue weighted by atomic mass is 16.5. The SMILES string of the molecule is CCOc1cc(CN)ccc1Oc1ccnc(C)c1. The lowest BCUT2D eigenvalue weighted by molar-refractivity contribution is 0.321. The largest absolute Gasteiger partial charge is 0.490 e. The predicted molar refractivity (Wildman–Crippen MR) is 74.6 cm³/mol. The molecule has 2 aromatic rings. The third-order valence-electron chi connectivity index (χ3n) is 2.64. The number of aromatic nitrogens is 1. The molecule has 0 radical (unpaired) electrons. The molecular formula is C15H18N2O2. The van der Waals surface area contributed by atoms with E-state index in [9.17, 15) is 0 Å². The Morgan fingerprint density at radius 3 is 2.68 bits per heavy atom. The summed E-state index contributed by atoms with van der Waals surface area (Å²) in [7, 11) is 0. The van der Waals surface area contributed by atoms with Gasteiger partial charge in [0.25, 0.3) is 0 Å². The summed E-state index contributed by atoms with van der Waals surface area (Å²) in [5.41, 5.74) is 7.56. The highest BCUT2D eigenvalue weighted by Crippen LogP contribution is 2.32. The Morgan fingerprint density at radius 1 is 1.16 bits per heavy atom. The van der Waals surface area contributed by atoms with Gasteiger partial charge in [0, 0.05) is 24.5 Å². The Morgan fingerprint density at radius 2 is 2.00 bits per heavy atom. The van der Waals surface area contributed by atoms with Gasteiger partial charge in [-0.05, 0) is 37.6 Å². The van der Waals surface area contributed by atoms with E-state index in [1.807, 2.05) is 44.2 Å². The van der Waals surface area contributed by atoms with Gasteiger partial charge in [-0.15, -0.1) is 0 Å². The molecule has 0 atom stereocenters. The average molecular weight is 258 g/mol. The van der Waals surface area contributed by atoms with Crippen LogP contribution in [0.15, 0.2) is 36.5 Å². The molecule has 19 heavy (non-hydrogen) atoms. The van der Waals surface area contributed by atoms with Gasteiger partial charge >= 0.3 is 0 Å². The van der Waals surface area contributed by atoms with Gasteiger partial charge in [-0.25, -0.2) is 0 Å². The summed E-state index contributed by atoms with van der Waals surface area (Å²) in [5.74, 6) is 2.14. The molecule has 1 aromatic heterocycles. The van der Waals surface area contributed by atoms with Gasteiger partial charge in [0.2, 0.25) is 0 Å². The maximum Gasteiger partial charge on any atom is 0.169 e. The lowest BCUT2D eigenvalue weighted by atomic mass is 10.2. The van der Waals surface area contributed by atoms with Gasteiger partial charge in [-0.2, -0.15) is 0 Å². The standard InChI is InChI=1S/C15H18N2O2/c1-3-18-15-9-12(10-16)4-5-14(15)19-13-6-7-17-11(2)8-13/h4-9H,3,10,16H2,1-2H3. The Bertz CT molecular complexity index is 556. The van der Waals surface area contributed by atoms with Crippen molar-refractivity contribution < 1.29 is 9.47 Å². The summed E-state index contributed by atoms with van der Waals surface area (Å²) in [5, 5.41) is 0. The summed E-state index contributed by atoms with van der Waals surface area (Å²) in [6, 6.07) is 9.42. The molecule has 0 fully saturated rings. The normalized spacial score (nSPS) is 10.3. The molecule has 0 spiro atoms. The van der Waals surface area contributed by atoms with Crippen molar-refractivity contribution in [1.82, 2.24) is 4.98 Å². The van der Waals surface area contributed by atoms with Gasteiger partial charge in [0.15, 0.2) is 11.5 Å². The van der Waals surface area contributed by atoms with Gasteiger partial charge in [-0.3, -0.25) is 4.98 Å². The maximum atomic E-state index is 5.84. The quantitative estimate of drug-likeness (QED) is 0.895. The van der Waals surface area contributed by atoms with Crippen molar-refractivity contribution in [2.75, 3.05) is 6.61 Å². The Hall–Kier alpha value is -2.07. The minimum Gasteiger partial charge on any atom is -0.490 e. The van der Waals surface area contributed by atoms with E-state index < -0.39 is 0 Å². The molecular weight excluding hydrogens is 240 g/mol. The number of hydrogen-bond acceptors (Lipinski definition) is 4. The number of rotatable bonds is 5. The van der Waals surface area contributed by atoms with E-state index in [4.69, 9.17) is 15.2 Å². The van der Waals surface area contributed by atoms with Crippen molar-refractivity contribution in [3.05, 3.63) is 47.8 Å². The van der Waals surface area contributed by atoms with Crippen LogP contribution in [0.2, 0.25) is 0 Å². The summed E-state index contributed by atoms with van der Waals surface area (Å²) in [6.45, 7) is 4.93. The minimum atomic E-state index is 0.481. The zero-order valence-corrected chi connectivity index (χ0v) is 11.2. The van der Waals surface area contributed by atoms with Crippen molar-refractivity contribution in [3.63, 3.8) is 0 Å². The number of nitrogens with zero attached hydrogens (tertiary/aromatic N) is 1. The fraction of sp³-hybridized carbons (Fsp3) is 0.267. The van der Waals surface area contributed by atoms with E-state index in [2.05, 4.69) is 4.98 Å². The van der Waals surface area contributed by atoms with Gasteiger partial charge in [0.1, 0.15) is 5.75 Å². The summed E-state index contributed by atoms with van der Waals surface area (Å²) >= 11 is 0. The molecule has 0 saturated carbocycles. The molecule has 1 aromatic carbocycles. The van der Waals surface area contributed by atoms with Gasteiger partial charge < -0.3 is 15.2 Å². The second kappa shape index (κ2) is 6.20. The first kappa shape index (κ1) is 13.4. The number of hydrogen-bond donors (Lipinski definition) is 1. The van der Waals surface area contributed by atoms with Crippen LogP contribution < -0.4 is 15.2 Å². The maximum absolute atomic E-state index is 5.84. The zero-order valence-electron chi connectivity index (χ0n) is 11.2.